The Balaban J connectivity index is 2.29. The number of hydrogen-bond acceptors (Lipinski definition) is 1. The van der Waals surface area contributed by atoms with Gasteiger partial charge in [0.25, 0.3) is 0 Å². The topological polar surface area (TPSA) is 25.0 Å². The maximum absolute atomic E-state index is 5.19. The summed E-state index contributed by atoms with van der Waals surface area (Å²) < 4.78 is 5.19. The van der Waals surface area contributed by atoms with Crippen LogP contribution in [0.2, 0.25) is 0 Å². The van der Waals surface area contributed by atoms with E-state index in [1.54, 1.807) is 7.11 Å². The Labute approximate surface area is 97.8 Å². The highest BCUT2D eigenvalue weighted by Crippen LogP contribution is 2.21. The zero-order valence-corrected chi connectivity index (χ0v) is 10.3. The lowest BCUT2D eigenvalue weighted by atomic mass is 10.2. The Kier molecular flexibility index (Phi) is 3.31. The first-order chi connectivity index (χ1) is 7.33. The summed E-state index contributed by atoms with van der Waals surface area (Å²) in [5, 5.41) is 2.30. The van der Waals surface area contributed by atoms with E-state index in [9.17, 15) is 0 Å². The number of hydrogen-bond donors (Lipinski definition) is 1. The summed E-state index contributed by atoms with van der Waals surface area (Å²) >= 11 is 3.44. The lowest BCUT2D eigenvalue weighted by molar-refractivity contribution is 0.415. The molecule has 0 atom stereocenters. The van der Waals surface area contributed by atoms with Gasteiger partial charge in [0.05, 0.1) is 7.11 Å². The highest BCUT2D eigenvalue weighted by atomic mass is 79.9. The van der Waals surface area contributed by atoms with Gasteiger partial charge in [0.2, 0.25) is 0 Å². The minimum Gasteiger partial charge on any atom is -0.497 e. The van der Waals surface area contributed by atoms with Crippen LogP contribution in [0.5, 0.6) is 5.75 Å². The number of alkyl halides is 1. The van der Waals surface area contributed by atoms with Gasteiger partial charge in [0.1, 0.15) is 5.75 Å². The van der Waals surface area contributed by atoms with Gasteiger partial charge < -0.3 is 9.72 Å². The molecule has 1 N–H and O–H groups in total. The molecule has 0 aliphatic carbocycles. The van der Waals surface area contributed by atoms with Crippen molar-refractivity contribution in [2.75, 3.05) is 12.4 Å². The van der Waals surface area contributed by atoms with E-state index in [0.29, 0.717) is 0 Å². The first-order valence-electron chi connectivity index (χ1n) is 5.05. The molecule has 0 aliphatic rings. The number of aryl methyl sites for hydroxylation is 1. The number of ether oxygens (including phenoxy) is 1. The molecule has 0 fully saturated rings. The minimum atomic E-state index is 0.899. The van der Waals surface area contributed by atoms with Crippen LogP contribution in [0, 0.1) is 0 Å². The third-order valence-electron chi connectivity index (χ3n) is 2.47. The van der Waals surface area contributed by atoms with Crippen LogP contribution in [0.25, 0.3) is 10.9 Å². The van der Waals surface area contributed by atoms with E-state index in [4.69, 9.17) is 4.74 Å². The van der Waals surface area contributed by atoms with Gasteiger partial charge in [-0.05, 0) is 36.4 Å². The smallest absolute Gasteiger partial charge is 0.120 e. The predicted molar refractivity (Wildman–Crippen MR) is 67.0 cm³/mol. The number of halogens is 1. The lowest BCUT2D eigenvalue weighted by Gasteiger charge is -1.97. The molecule has 0 radical (unpaired) electrons. The third kappa shape index (κ3) is 2.34. The quantitative estimate of drug-likeness (QED) is 0.843. The molecule has 1 heterocycles. The molecule has 0 bridgehead atoms. The first kappa shape index (κ1) is 10.6. The number of methoxy groups -OCH3 is 1. The van der Waals surface area contributed by atoms with Crippen LogP contribution in [0.4, 0.5) is 0 Å². The van der Waals surface area contributed by atoms with Gasteiger partial charge in [0.15, 0.2) is 0 Å². The summed E-state index contributed by atoms with van der Waals surface area (Å²) in [5.41, 5.74) is 2.44. The molecule has 2 aromatic rings. The van der Waals surface area contributed by atoms with Crippen LogP contribution >= 0.6 is 15.9 Å². The summed E-state index contributed by atoms with van der Waals surface area (Å²) in [7, 11) is 1.69. The SMILES string of the molecule is COc1ccc2cc(CCCBr)[nH]c2c1. The number of benzene rings is 1. The molecule has 15 heavy (non-hydrogen) atoms. The number of aromatic amines is 1. The molecule has 0 unspecified atom stereocenters. The van der Waals surface area contributed by atoms with Crippen molar-refractivity contribution in [1.29, 1.82) is 0 Å². The van der Waals surface area contributed by atoms with Crippen LogP contribution < -0.4 is 4.74 Å². The molecule has 0 saturated carbocycles. The fourth-order valence-electron chi connectivity index (χ4n) is 1.69. The van der Waals surface area contributed by atoms with Gasteiger partial charge in [-0.2, -0.15) is 0 Å². The standard InChI is InChI=1S/C12H14BrNO/c1-15-11-5-4-9-7-10(3-2-6-13)14-12(9)8-11/h4-5,7-8,14H,2-3,6H2,1H3. The van der Waals surface area contributed by atoms with Crippen molar-refractivity contribution in [3.05, 3.63) is 30.0 Å². The highest BCUT2D eigenvalue weighted by molar-refractivity contribution is 9.09. The van der Waals surface area contributed by atoms with E-state index >= 15 is 0 Å². The van der Waals surface area contributed by atoms with Crippen LogP contribution in [0.1, 0.15) is 12.1 Å². The van der Waals surface area contributed by atoms with E-state index in [0.717, 1.165) is 29.4 Å². The van der Waals surface area contributed by atoms with E-state index < -0.39 is 0 Å². The largest absolute Gasteiger partial charge is 0.497 e. The molecule has 0 amide bonds. The molecular formula is C12H14BrNO. The molecule has 0 spiro atoms. The molecule has 0 aliphatic heterocycles. The Morgan fingerprint density at radius 2 is 2.20 bits per heavy atom. The van der Waals surface area contributed by atoms with Crippen molar-refractivity contribution < 1.29 is 4.74 Å². The van der Waals surface area contributed by atoms with Gasteiger partial charge >= 0.3 is 0 Å². The molecule has 1 aromatic carbocycles. The second kappa shape index (κ2) is 4.71. The summed E-state index contributed by atoms with van der Waals surface area (Å²) in [6.45, 7) is 0. The second-order valence-corrected chi connectivity index (χ2v) is 4.33. The number of H-pyrrole nitrogens is 1. The van der Waals surface area contributed by atoms with Gasteiger partial charge in [-0.15, -0.1) is 0 Å². The van der Waals surface area contributed by atoms with Crippen molar-refractivity contribution >= 4 is 26.8 Å². The normalized spacial score (nSPS) is 10.8. The molecule has 2 nitrogen and oxygen atoms in total. The second-order valence-electron chi connectivity index (χ2n) is 3.54. The van der Waals surface area contributed by atoms with E-state index in [1.807, 2.05) is 12.1 Å². The van der Waals surface area contributed by atoms with Crippen LogP contribution in [-0.4, -0.2) is 17.4 Å². The van der Waals surface area contributed by atoms with Gasteiger partial charge in [-0.3, -0.25) is 0 Å². The summed E-state index contributed by atoms with van der Waals surface area (Å²) in [6, 6.07) is 8.32. The van der Waals surface area contributed by atoms with Crippen LogP contribution in [0.15, 0.2) is 24.3 Å². The monoisotopic (exact) mass is 267 g/mol. The Morgan fingerprint density at radius 1 is 1.33 bits per heavy atom. The third-order valence-corrected chi connectivity index (χ3v) is 3.03. The predicted octanol–water partition coefficient (Wildman–Crippen LogP) is 3.50. The molecule has 1 aromatic heterocycles. The Hall–Kier alpha value is -0.960. The van der Waals surface area contributed by atoms with Gasteiger partial charge in [0, 0.05) is 22.6 Å². The molecule has 0 saturated heterocycles. The zero-order valence-electron chi connectivity index (χ0n) is 8.72. The lowest BCUT2D eigenvalue weighted by Crippen LogP contribution is -1.85. The Morgan fingerprint density at radius 3 is 2.93 bits per heavy atom. The average molecular weight is 268 g/mol. The van der Waals surface area contributed by atoms with Crippen molar-refractivity contribution in [1.82, 2.24) is 4.98 Å². The van der Waals surface area contributed by atoms with Crippen molar-refractivity contribution in [2.24, 2.45) is 0 Å². The molecular weight excluding hydrogens is 254 g/mol. The van der Waals surface area contributed by atoms with Crippen LogP contribution in [0.3, 0.4) is 0 Å². The van der Waals surface area contributed by atoms with Crippen molar-refractivity contribution in [3.8, 4) is 5.75 Å². The van der Waals surface area contributed by atoms with E-state index in [1.165, 1.54) is 11.1 Å². The molecule has 2 rings (SSSR count). The number of aromatic nitrogens is 1. The average Bonchev–Trinajstić information content (AvgIpc) is 2.67. The Bertz CT molecular complexity index is 450. The van der Waals surface area contributed by atoms with Gasteiger partial charge in [-0.1, -0.05) is 15.9 Å². The van der Waals surface area contributed by atoms with Crippen molar-refractivity contribution in [3.63, 3.8) is 0 Å². The fourth-order valence-corrected chi connectivity index (χ4v) is 1.97. The summed E-state index contributed by atoms with van der Waals surface area (Å²) in [4.78, 5) is 3.40. The summed E-state index contributed by atoms with van der Waals surface area (Å²) in [6.07, 6.45) is 2.24. The molecule has 3 heteroatoms. The first-order valence-corrected chi connectivity index (χ1v) is 6.17. The van der Waals surface area contributed by atoms with E-state index in [-0.39, 0.29) is 0 Å². The van der Waals surface area contributed by atoms with E-state index in [2.05, 4.69) is 33.0 Å². The number of fused-ring (bicyclic) bond motifs is 1. The maximum Gasteiger partial charge on any atom is 0.120 e. The number of nitrogens with one attached hydrogen (secondary N) is 1. The fraction of sp³-hybridized carbons (Fsp3) is 0.333. The maximum atomic E-state index is 5.19. The minimum absolute atomic E-state index is 0.899. The summed E-state index contributed by atoms with van der Waals surface area (Å²) in [5.74, 6) is 0.899. The number of rotatable bonds is 4. The van der Waals surface area contributed by atoms with Crippen molar-refractivity contribution in [2.45, 2.75) is 12.8 Å². The zero-order chi connectivity index (χ0) is 10.7. The van der Waals surface area contributed by atoms with Crippen LogP contribution in [-0.2, 0) is 6.42 Å². The highest BCUT2D eigenvalue weighted by Gasteiger charge is 2.01. The van der Waals surface area contributed by atoms with Gasteiger partial charge in [-0.25, -0.2) is 0 Å². The molecule has 80 valence electrons.